The van der Waals surface area contributed by atoms with Crippen molar-refractivity contribution in [1.82, 2.24) is 49.8 Å². The van der Waals surface area contributed by atoms with Crippen molar-refractivity contribution in [1.29, 1.82) is 0 Å². The molecule has 678 valence electrons. The number of furan rings is 3. The molecule has 143 heavy (non-hydrogen) atoms. The molecule has 0 fully saturated rings. The first kappa shape index (κ1) is 84.3. The SMILES string of the molecule is CC1(C)c2ccccc2-c2cc3oc4c(-c5ccc(-c6nc(-c7ccccc7)nc(-c7ccccc7)n6)cc5)cccc4c3cc21.CC1(C)c2ccccc2-c2cc3oc4c(-c5nc(-c6ccccc6)nc(-c6cc7ccccc7c7ccccc67)n5)cccc4c3cc21.CC1(C)c2ccccc2-c2ccc(-c3nc(-c4ccccn4)nc(-c4cccc5c4oc4cc6c(cc45)C(C)(C)c4ccccc4-6)n3)cc21. The van der Waals surface area contributed by atoms with Gasteiger partial charge in [0.15, 0.2) is 52.4 Å². The molecule has 4 aliphatic rings. The van der Waals surface area contributed by atoms with Crippen molar-refractivity contribution in [3.05, 3.63) is 445 Å². The molecule has 13 nitrogen and oxygen atoms in total. The number of pyridine rings is 1. The van der Waals surface area contributed by atoms with Crippen LogP contribution in [0.4, 0.5) is 0 Å². The van der Waals surface area contributed by atoms with Crippen LogP contribution in [-0.4, -0.2) is 49.8 Å². The monoisotopic (exact) mass is 1840 g/mol. The van der Waals surface area contributed by atoms with E-state index in [0.29, 0.717) is 58.1 Å². The maximum absolute atomic E-state index is 6.77. The smallest absolute Gasteiger partial charge is 0.182 e. The van der Waals surface area contributed by atoms with E-state index in [0.717, 1.165) is 132 Å². The fourth-order valence-electron chi connectivity index (χ4n) is 22.9. The number of hydrogen-bond acceptors (Lipinski definition) is 13. The van der Waals surface area contributed by atoms with Crippen LogP contribution in [0.15, 0.2) is 414 Å². The molecule has 29 rings (SSSR count). The van der Waals surface area contributed by atoms with Crippen LogP contribution < -0.4 is 0 Å². The van der Waals surface area contributed by atoms with Gasteiger partial charge in [-0.2, -0.15) is 0 Å². The Morgan fingerprint density at radius 2 is 0.469 bits per heavy atom. The van der Waals surface area contributed by atoms with Crippen molar-refractivity contribution >= 4 is 87.4 Å². The summed E-state index contributed by atoms with van der Waals surface area (Å²) in [5, 5.41) is 11.2. The van der Waals surface area contributed by atoms with Crippen LogP contribution >= 0.6 is 0 Å². The van der Waals surface area contributed by atoms with E-state index in [-0.39, 0.29) is 21.7 Å². The Kier molecular flexibility index (Phi) is 19.1. The Morgan fingerprint density at radius 1 is 0.168 bits per heavy atom. The summed E-state index contributed by atoms with van der Waals surface area (Å²) in [4.78, 5) is 49.8. The molecule has 0 N–H and O–H groups in total. The van der Waals surface area contributed by atoms with E-state index in [1.165, 1.54) is 99.8 Å². The van der Waals surface area contributed by atoms with Gasteiger partial charge in [0.1, 0.15) is 39.2 Å². The van der Waals surface area contributed by atoms with Gasteiger partial charge in [0.05, 0.1) is 11.1 Å². The van der Waals surface area contributed by atoms with Gasteiger partial charge in [0.2, 0.25) is 0 Å². The van der Waals surface area contributed by atoms with E-state index in [1.807, 2.05) is 115 Å². The van der Waals surface area contributed by atoms with Gasteiger partial charge in [-0.05, 0) is 189 Å². The zero-order valence-corrected chi connectivity index (χ0v) is 79.8. The number of nitrogens with zero attached hydrogens (tertiary/aromatic N) is 10. The van der Waals surface area contributed by atoms with Crippen LogP contribution in [0.2, 0.25) is 0 Å². The summed E-state index contributed by atoms with van der Waals surface area (Å²) in [5.41, 5.74) is 35.6. The van der Waals surface area contributed by atoms with Crippen LogP contribution in [0.3, 0.4) is 0 Å². The summed E-state index contributed by atoms with van der Waals surface area (Å²) in [7, 11) is 0. The number of fused-ring (bicyclic) bond motifs is 24. The first-order valence-corrected chi connectivity index (χ1v) is 48.8. The number of para-hydroxylation sites is 3. The summed E-state index contributed by atoms with van der Waals surface area (Å²) in [6, 6.07) is 138. The summed E-state index contributed by atoms with van der Waals surface area (Å²) in [6.45, 7) is 18.4. The molecule has 7 heterocycles. The predicted molar refractivity (Wildman–Crippen MR) is 579 cm³/mol. The second-order valence-corrected chi connectivity index (χ2v) is 40.0. The first-order chi connectivity index (χ1) is 69.9. The van der Waals surface area contributed by atoms with Crippen LogP contribution in [0, 0.1) is 0 Å². The predicted octanol–water partition coefficient (Wildman–Crippen LogP) is 32.9. The molecule has 0 saturated carbocycles. The van der Waals surface area contributed by atoms with Crippen molar-refractivity contribution < 1.29 is 13.3 Å². The molecule has 4 aliphatic carbocycles. The normalized spacial score (nSPS) is 13.8. The Balaban J connectivity index is 0.000000107. The molecule has 0 saturated heterocycles. The fraction of sp³-hybridized carbons (Fsp3) is 0.0923. The molecule has 13 heteroatoms. The molecule has 0 spiro atoms. The van der Waals surface area contributed by atoms with E-state index >= 15 is 0 Å². The van der Waals surface area contributed by atoms with E-state index in [2.05, 4.69) is 339 Å². The van der Waals surface area contributed by atoms with E-state index in [4.69, 9.17) is 58.1 Å². The Morgan fingerprint density at radius 3 is 0.916 bits per heavy atom. The fourth-order valence-corrected chi connectivity index (χ4v) is 22.9. The van der Waals surface area contributed by atoms with Crippen LogP contribution in [0.25, 0.3) is 246 Å². The highest BCUT2D eigenvalue weighted by atomic mass is 16.3. The zero-order valence-electron chi connectivity index (χ0n) is 79.8. The lowest BCUT2D eigenvalue weighted by atomic mass is 9.82. The standard InChI is InChI=1S/C44H32N4O.C44H29N3O.C42H29N3O/c1-43(2)33-16-7-5-12-26(33)28-20-19-25(22-35(28)43)40-46-41(48-42(47-40)37-18-9-10-21-45-37)30-15-11-14-29-32-23-36-31(24-38(32)49-39(29)30)27-13-6-8-17-34(27)44(36,3)4;1-44(2)37-22-11-10-19-31(37)34-25-39-35(24-38(34)44)32-20-12-21-33(40(32)48-39)42-45-41(26-13-4-3-5-14-26)46-43(47-42)36-23-27-15-6-7-16-28(27)29-17-8-9-18-30(29)36;1-42(2)35-19-10-9-16-31(35)33-25-37-34(24-36(33)42)32-18-11-17-30(38(32)46-37)26-20-22-29(23-21-26)41-44-39(27-12-5-3-6-13-27)43-40(45-41)28-14-7-4-8-15-28/h5-24H,1-4H3;3-25H,1-2H3;3-25H,1-2H3. The molecule has 0 radical (unpaired) electrons. The van der Waals surface area contributed by atoms with Crippen LogP contribution in [-0.2, 0) is 21.7 Å². The van der Waals surface area contributed by atoms with Crippen molar-refractivity contribution in [3.8, 4) is 158 Å². The molecule has 0 aliphatic heterocycles. The van der Waals surface area contributed by atoms with Gasteiger partial charge >= 0.3 is 0 Å². The minimum atomic E-state index is -0.142. The van der Waals surface area contributed by atoms with Gasteiger partial charge in [-0.25, -0.2) is 44.9 Å². The molecule has 25 aromatic rings. The lowest BCUT2D eigenvalue weighted by Gasteiger charge is -2.21. The van der Waals surface area contributed by atoms with Crippen LogP contribution in [0.1, 0.15) is 99.9 Å². The molecule has 0 bridgehead atoms. The van der Waals surface area contributed by atoms with Gasteiger partial charge in [0.25, 0.3) is 0 Å². The first-order valence-electron chi connectivity index (χ1n) is 48.8. The van der Waals surface area contributed by atoms with Gasteiger partial charge in [-0.15, -0.1) is 0 Å². The summed E-state index contributed by atoms with van der Waals surface area (Å²) in [6.07, 6.45) is 1.77. The van der Waals surface area contributed by atoms with E-state index in [9.17, 15) is 0 Å². The molecule has 0 atom stereocenters. The van der Waals surface area contributed by atoms with Gasteiger partial charge in [-0.1, -0.05) is 377 Å². The second-order valence-electron chi connectivity index (χ2n) is 40.0. The maximum Gasteiger partial charge on any atom is 0.182 e. The third-order valence-corrected chi connectivity index (χ3v) is 30.3. The summed E-state index contributed by atoms with van der Waals surface area (Å²) < 4.78 is 20.2. The molecule has 7 aromatic heterocycles. The number of aromatic nitrogens is 10. The van der Waals surface area contributed by atoms with E-state index < -0.39 is 0 Å². The van der Waals surface area contributed by atoms with Crippen LogP contribution in [0.5, 0.6) is 0 Å². The second kappa shape index (κ2) is 32.3. The minimum Gasteiger partial charge on any atom is -0.455 e. The highest BCUT2D eigenvalue weighted by molar-refractivity contribution is 6.16. The van der Waals surface area contributed by atoms with Gasteiger partial charge < -0.3 is 13.3 Å². The van der Waals surface area contributed by atoms with Gasteiger partial charge in [0, 0.05) is 99.1 Å². The third kappa shape index (κ3) is 13.6. The Hall–Kier alpha value is -17.9. The van der Waals surface area contributed by atoms with Gasteiger partial charge in [-0.3, -0.25) is 4.98 Å². The lowest BCUT2D eigenvalue weighted by molar-refractivity contribution is 0.657. The topological polar surface area (TPSA) is 168 Å². The largest absolute Gasteiger partial charge is 0.455 e. The summed E-state index contributed by atoms with van der Waals surface area (Å²) in [5.74, 6) is 5.45. The molecule has 0 amide bonds. The third-order valence-electron chi connectivity index (χ3n) is 30.3. The molecule has 0 unspecified atom stereocenters. The number of rotatable bonds is 10. The Labute approximate surface area is 825 Å². The maximum atomic E-state index is 6.77. The molecular formula is C130H90N10O3. The van der Waals surface area contributed by atoms with E-state index in [1.54, 1.807) is 6.20 Å². The zero-order chi connectivity index (χ0) is 95.9. The Bertz CT molecular complexity index is 9540. The quantitative estimate of drug-likeness (QED) is 0.119. The number of hydrogen-bond donors (Lipinski definition) is 0. The van der Waals surface area contributed by atoms with Crippen molar-refractivity contribution in [2.45, 2.75) is 77.0 Å². The van der Waals surface area contributed by atoms with Crippen molar-refractivity contribution in [2.75, 3.05) is 0 Å². The highest BCUT2D eigenvalue weighted by Gasteiger charge is 2.41. The lowest BCUT2D eigenvalue weighted by Crippen LogP contribution is -2.15. The number of benzene rings is 18. The average Bonchev–Trinajstić information content (AvgIpc) is 1.58. The van der Waals surface area contributed by atoms with Crippen molar-refractivity contribution in [3.63, 3.8) is 0 Å². The highest BCUT2D eigenvalue weighted by Crippen LogP contribution is 2.57. The average molecular weight is 1840 g/mol. The minimum absolute atomic E-state index is 0.0626. The molecular weight excluding hydrogens is 1750 g/mol. The van der Waals surface area contributed by atoms with Crippen molar-refractivity contribution in [2.24, 2.45) is 0 Å². The summed E-state index contributed by atoms with van der Waals surface area (Å²) >= 11 is 0. The molecule has 18 aromatic carbocycles.